The van der Waals surface area contributed by atoms with Gasteiger partial charge in [-0.25, -0.2) is 9.97 Å². The van der Waals surface area contributed by atoms with Gasteiger partial charge in [-0.1, -0.05) is 23.7 Å². The minimum atomic E-state index is -0.534. The number of amides is 1. The molecule has 1 amide bonds. The van der Waals surface area contributed by atoms with Gasteiger partial charge in [-0.15, -0.1) is 0 Å². The van der Waals surface area contributed by atoms with Crippen LogP contribution < -0.4 is 10.6 Å². The van der Waals surface area contributed by atoms with Crippen LogP contribution in [0.2, 0.25) is 5.02 Å². The van der Waals surface area contributed by atoms with Gasteiger partial charge in [0.1, 0.15) is 12.1 Å². The molecule has 1 atom stereocenters. The van der Waals surface area contributed by atoms with Gasteiger partial charge in [0.25, 0.3) is 0 Å². The molecule has 1 saturated heterocycles. The first kappa shape index (κ1) is 17.6. The second kappa shape index (κ2) is 7.80. The number of benzene rings is 1. The summed E-state index contributed by atoms with van der Waals surface area (Å²) in [6.45, 7) is 4.79. The maximum absolute atomic E-state index is 12.6. The molecule has 1 aliphatic heterocycles. The average Bonchev–Trinajstić information content (AvgIpc) is 2.63. The molecule has 1 aromatic carbocycles. The van der Waals surface area contributed by atoms with Crippen molar-refractivity contribution in [2.45, 2.75) is 19.4 Å². The van der Waals surface area contributed by atoms with E-state index in [0.29, 0.717) is 24.5 Å². The Hall–Kier alpha value is -2.18. The first-order valence-electron chi connectivity index (χ1n) is 8.35. The Kier molecular flexibility index (Phi) is 5.50. The summed E-state index contributed by atoms with van der Waals surface area (Å²) in [6.07, 6.45) is 3.88. The molecule has 1 aromatic heterocycles. The first-order chi connectivity index (χ1) is 12.0. The van der Waals surface area contributed by atoms with Crippen LogP contribution in [0.5, 0.6) is 0 Å². The van der Waals surface area contributed by atoms with Gasteiger partial charge in [-0.2, -0.15) is 0 Å². The summed E-state index contributed by atoms with van der Waals surface area (Å²) < 4.78 is 0. The lowest BCUT2D eigenvalue weighted by atomic mass is 10.1. The molecule has 132 valence electrons. The Labute approximate surface area is 152 Å². The molecule has 0 spiro atoms. The van der Waals surface area contributed by atoms with E-state index >= 15 is 0 Å². The van der Waals surface area contributed by atoms with E-state index in [4.69, 9.17) is 17.3 Å². The summed E-state index contributed by atoms with van der Waals surface area (Å²) >= 11 is 5.89. The Balaban J connectivity index is 1.56. The summed E-state index contributed by atoms with van der Waals surface area (Å²) in [5.41, 5.74) is 8.19. The van der Waals surface area contributed by atoms with Crippen molar-refractivity contribution in [2.24, 2.45) is 5.73 Å². The van der Waals surface area contributed by atoms with Gasteiger partial charge in [0.2, 0.25) is 5.91 Å². The van der Waals surface area contributed by atoms with Crippen LogP contribution in [0, 0.1) is 6.92 Å². The number of carbonyl (C=O) groups is 1. The quantitative estimate of drug-likeness (QED) is 0.898. The summed E-state index contributed by atoms with van der Waals surface area (Å²) in [5.74, 6) is 0.932. The molecule has 1 aliphatic rings. The number of rotatable bonds is 4. The van der Waals surface area contributed by atoms with E-state index in [1.165, 1.54) is 0 Å². The Morgan fingerprint density at radius 3 is 2.56 bits per heavy atom. The number of halogens is 1. The van der Waals surface area contributed by atoms with E-state index in [9.17, 15) is 4.79 Å². The van der Waals surface area contributed by atoms with Crippen molar-refractivity contribution >= 4 is 23.3 Å². The lowest BCUT2D eigenvalue weighted by Crippen LogP contribution is -2.54. The fourth-order valence-corrected chi connectivity index (χ4v) is 3.18. The van der Waals surface area contributed by atoms with Crippen molar-refractivity contribution in [3.8, 4) is 0 Å². The van der Waals surface area contributed by atoms with Gasteiger partial charge in [0, 0.05) is 43.0 Å². The van der Waals surface area contributed by atoms with Crippen molar-refractivity contribution in [3.05, 3.63) is 52.9 Å². The standard InChI is InChI=1S/C18H22ClN5O/c1-13-11-21-12-22-17(13)23-6-8-24(9-7-23)18(25)16(20)10-14-2-4-15(19)5-3-14/h2-5,11-12,16H,6-10,20H2,1H3. The minimum Gasteiger partial charge on any atom is -0.353 e. The van der Waals surface area contributed by atoms with Gasteiger partial charge in [0.15, 0.2) is 0 Å². The largest absolute Gasteiger partial charge is 0.353 e. The van der Waals surface area contributed by atoms with Crippen molar-refractivity contribution in [1.82, 2.24) is 14.9 Å². The fourth-order valence-electron chi connectivity index (χ4n) is 3.06. The molecule has 2 N–H and O–H groups in total. The monoisotopic (exact) mass is 359 g/mol. The number of piperazine rings is 1. The number of nitrogens with zero attached hydrogens (tertiary/aromatic N) is 4. The molecule has 3 rings (SSSR count). The molecule has 6 nitrogen and oxygen atoms in total. The molecule has 0 bridgehead atoms. The normalized spacial score (nSPS) is 16.0. The van der Waals surface area contributed by atoms with Gasteiger partial charge in [-0.05, 0) is 31.0 Å². The smallest absolute Gasteiger partial charge is 0.239 e. The van der Waals surface area contributed by atoms with Crippen molar-refractivity contribution in [2.75, 3.05) is 31.1 Å². The van der Waals surface area contributed by atoms with Gasteiger partial charge >= 0.3 is 0 Å². The van der Waals surface area contributed by atoms with Crippen molar-refractivity contribution in [1.29, 1.82) is 0 Å². The van der Waals surface area contributed by atoms with Crippen LogP contribution in [0.25, 0.3) is 0 Å². The number of anilines is 1. The molecule has 1 unspecified atom stereocenters. The van der Waals surface area contributed by atoms with E-state index in [2.05, 4.69) is 14.9 Å². The molecule has 7 heteroatoms. The Bertz CT molecular complexity index is 729. The number of hydrogen-bond acceptors (Lipinski definition) is 5. The van der Waals surface area contributed by atoms with E-state index in [1.807, 2.05) is 42.3 Å². The van der Waals surface area contributed by atoms with Crippen LogP contribution in [0.1, 0.15) is 11.1 Å². The lowest BCUT2D eigenvalue weighted by Gasteiger charge is -2.37. The summed E-state index contributed by atoms with van der Waals surface area (Å²) in [4.78, 5) is 25.0. The zero-order chi connectivity index (χ0) is 17.8. The molecule has 2 heterocycles. The summed E-state index contributed by atoms with van der Waals surface area (Å²) in [6, 6.07) is 6.92. The van der Waals surface area contributed by atoms with Crippen LogP contribution in [-0.2, 0) is 11.2 Å². The maximum Gasteiger partial charge on any atom is 0.239 e. The van der Waals surface area contributed by atoms with Crippen LogP contribution in [0.3, 0.4) is 0 Å². The molecule has 1 fully saturated rings. The highest BCUT2D eigenvalue weighted by atomic mass is 35.5. The number of aromatic nitrogens is 2. The highest BCUT2D eigenvalue weighted by Gasteiger charge is 2.26. The SMILES string of the molecule is Cc1cncnc1N1CCN(C(=O)C(N)Cc2ccc(Cl)cc2)CC1. The molecule has 25 heavy (non-hydrogen) atoms. The third kappa shape index (κ3) is 4.27. The molecular formula is C18H22ClN5O. The van der Waals surface area contributed by atoms with E-state index < -0.39 is 6.04 Å². The van der Waals surface area contributed by atoms with Crippen molar-refractivity contribution in [3.63, 3.8) is 0 Å². The van der Waals surface area contributed by atoms with Crippen LogP contribution in [0.15, 0.2) is 36.8 Å². The second-order valence-electron chi connectivity index (χ2n) is 6.28. The van der Waals surface area contributed by atoms with Gasteiger partial charge in [0.05, 0.1) is 6.04 Å². The van der Waals surface area contributed by atoms with Crippen LogP contribution >= 0.6 is 11.6 Å². The molecule has 0 radical (unpaired) electrons. The minimum absolute atomic E-state index is 0.00555. The zero-order valence-electron chi connectivity index (χ0n) is 14.2. The molecule has 0 aliphatic carbocycles. The lowest BCUT2D eigenvalue weighted by molar-refractivity contribution is -0.132. The maximum atomic E-state index is 12.6. The fraction of sp³-hybridized carbons (Fsp3) is 0.389. The van der Waals surface area contributed by atoms with Crippen LogP contribution in [-0.4, -0.2) is 53.0 Å². The van der Waals surface area contributed by atoms with E-state index in [-0.39, 0.29) is 5.91 Å². The van der Waals surface area contributed by atoms with Crippen molar-refractivity contribution < 1.29 is 4.79 Å². The Morgan fingerprint density at radius 1 is 1.24 bits per heavy atom. The van der Waals surface area contributed by atoms with Crippen LogP contribution in [0.4, 0.5) is 5.82 Å². The third-order valence-corrected chi connectivity index (χ3v) is 4.70. The van der Waals surface area contributed by atoms with Gasteiger partial charge < -0.3 is 15.5 Å². The highest BCUT2D eigenvalue weighted by molar-refractivity contribution is 6.30. The zero-order valence-corrected chi connectivity index (χ0v) is 15.0. The number of nitrogens with two attached hydrogens (primary N) is 1. The predicted molar refractivity (Wildman–Crippen MR) is 98.7 cm³/mol. The summed E-state index contributed by atoms with van der Waals surface area (Å²) in [5, 5.41) is 0.680. The summed E-state index contributed by atoms with van der Waals surface area (Å²) in [7, 11) is 0. The first-order valence-corrected chi connectivity index (χ1v) is 8.73. The molecular weight excluding hydrogens is 338 g/mol. The average molecular weight is 360 g/mol. The topological polar surface area (TPSA) is 75.4 Å². The number of aryl methyl sites for hydroxylation is 1. The number of carbonyl (C=O) groups excluding carboxylic acids is 1. The molecule has 0 saturated carbocycles. The molecule has 2 aromatic rings. The third-order valence-electron chi connectivity index (χ3n) is 4.44. The van der Waals surface area contributed by atoms with Gasteiger partial charge in [-0.3, -0.25) is 4.79 Å². The Morgan fingerprint density at radius 2 is 1.92 bits per heavy atom. The second-order valence-corrected chi connectivity index (χ2v) is 6.72. The number of hydrogen-bond donors (Lipinski definition) is 1. The van der Waals surface area contributed by atoms with E-state index in [1.54, 1.807) is 6.33 Å². The van der Waals surface area contributed by atoms with E-state index in [0.717, 1.165) is 30.0 Å². The highest BCUT2D eigenvalue weighted by Crippen LogP contribution is 2.17. The predicted octanol–water partition coefficient (Wildman–Crippen LogP) is 1.66.